The standard InChI is InChI=1S/C17H21ClN2O5/c1-5-6-25-16(22)13-9(2)20(3)17(23)19-14(13)10-7-11(18)15(21)12(8-10)24-4/h7-8,14,21H,5-6H2,1-4H3,(H,19,23)/t14-/m1/s1. The summed E-state index contributed by atoms with van der Waals surface area (Å²) in [5.41, 5.74) is 1.29. The predicted molar refractivity (Wildman–Crippen MR) is 92.7 cm³/mol. The molecule has 1 aromatic rings. The largest absolute Gasteiger partial charge is 0.503 e. The lowest BCUT2D eigenvalue weighted by atomic mass is 9.94. The monoisotopic (exact) mass is 368 g/mol. The van der Waals surface area contributed by atoms with Crippen molar-refractivity contribution in [2.75, 3.05) is 20.8 Å². The van der Waals surface area contributed by atoms with E-state index in [2.05, 4.69) is 5.32 Å². The van der Waals surface area contributed by atoms with Crippen LogP contribution in [0.5, 0.6) is 11.5 Å². The Morgan fingerprint density at radius 2 is 2.12 bits per heavy atom. The number of ether oxygens (including phenoxy) is 2. The van der Waals surface area contributed by atoms with E-state index in [1.165, 1.54) is 24.1 Å². The molecule has 1 aliphatic rings. The fourth-order valence-corrected chi connectivity index (χ4v) is 2.76. The van der Waals surface area contributed by atoms with Gasteiger partial charge < -0.3 is 24.8 Å². The van der Waals surface area contributed by atoms with Crippen LogP contribution in [0, 0.1) is 0 Å². The molecule has 0 aromatic heterocycles. The van der Waals surface area contributed by atoms with Gasteiger partial charge in [0, 0.05) is 12.7 Å². The zero-order valence-corrected chi connectivity index (χ0v) is 15.3. The van der Waals surface area contributed by atoms with Crippen molar-refractivity contribution < 1.29 is 24.2 Å². The SMILES string of the molecule is CCCOC(=O)C1=C(C)N(C)C(=O)N[C@@H]1c1cc(Cl)c(O)c(OC)c1. The van der Waals surface area contributed by atoms with Crippen molar-refractivity contribution in [3.8, 4) is 11.5 Å². The van der Waals surface area contributed by atoms with Crippen LogP contribution in [-0.4, -0.2) is 42.8 Å². The van der Waals surface area contributed by atoms with E-state index in [1.54, 1.807) is 14.0 Å². The fraction of sp³-hybridized carbons (Fsp3) is 0.412. The molecule has 7 nitrogen and oxygen atoms in total. The van der Waals surface area contributed by atoms with Gasteiger partial charge in [0.15, 0.2) is 11.5 Å². The molecule has 0 fully saturated rings. The van der Waals surface area contributed by atoms with Crippen LogP contribution >= 0.6 is 11.6 Å². The number of rotatable bonds is 5. The van der Waals surface area contributed by atoms with Crippen molar-refractivity contribution in [2.24, 2.45) is 0 Å². The normalized spacial score (nSPS) is 17.4. The molecule has 8 heteroatoms. The van der Waals surface area contributed by atoms with Gasteiger partial charge in [-0.2, -0.15) is 0 Å². The lowest BCUT2D eigenvalue weighted by molar-refractivity contribution is -0.139. The zero-order chi connectivity index (χ0) is 18.7. The van der Waals surface area contributed by atoms with Crippen LogP contribution in [0.3, 0.4) is 0 Å². The molecular weight excluding hydrogens is 348 g/mol. The van der Waals surface area contributed by atoms with Crippen LogP contribution < -0.4 is 10.1 Å². The minimum absolute atomic E-state index is 0.0569. The minimum atomic E-state index is -0.764. The van der Waals surface area contributed by atoms with Gasteiger partial charge in [0.25, 0.3) is 0 Å². The van der Waals surface area contributed by atoms with Crippen molar-refractivity contribution in [3.05, 3.63) is 34.0 Å². The Kier molecular flexibility index (Phi) is 5.79. The Morgan fingerprint density at radius 3 is 2.72 bits per heavy atom. The number of hydrogen-bond acceptors (Lipinski definition) is 5. The quantitative estimate of drug-likeness (QED) is 0.780. The zero-order valence-electron chi connectivity index (χ0n) is 14.6. The van der Waals surface area contributed by atoms with Crippen molar-refractivity contribution in [1.82, 2.24) is 10.2 Å². The van der Waals surface area contributed by atoms with Crippen LogP contribution in [-0.2, 0) is 9.53 Å². The summed E-state index contributed by atoms with van der Waals surface area (Å²) in [6.45, 7) is 3.85. The van der Waals surface area contributed by atoms with E-state index in [0.717, 1.165) is 0 Å². The maximum atomic E-state index is 12.5. The highest BCUT2D eigenvalue weighted by atomic mass is 35.5. The number of allylic oxidation sites excluding steroid dienone is 1. The van der Waals surface area contributed by atoms with E-state index in [-0.39, 0.29) is 29.2 Å². The summed E-state index contributed by atoms with van der Waals surface area (Å²) >= 11 is 6.04. The average Bonchev–Trinajstić information content (AvgIpc) is 2.59. The van der Waals surface area contributed by atoms with Crippen LogP contribution in [0.25, 0.3) is 0 Å². The summed E-state index contributed by atoms with van der Waals surface area (Å²) < 4.78 is 10.4. The molecule has 0 aliphatic carbocycles. The molecule has 1 atom stereocenters. The topological polar surface area (TPSA) is 88.1 Å². The molecule has 0 bridgehead atoms. The van der Waals surface area contributed by atoms with Gasteiger partial charge in [0.2, 0.25) is 0 Å². The van der Waals surface area contributed by atoms with E-state index in [9.17, 15) is 14.7 Å². The fourth-order valence-electron chi connectivity index (χ4n) is 2.54. The number of nitrogens with one attached hydrogen (secondary N) is 1. The maximum absolute atomic E-state index is 12.5. The number of urea groups is 1. The average molecular weight is 369 g/mol. The Balaban J connectivity index is 2.55. The first kappa shape index (κ1) is 18.9. The number of hydrogen-bond donors (Lipinski definition) is 2. The number of esters is 1. The van der Waals surface area contributed by atoms with Gasteiger partial charge in [-0.3, -0.25) is 0 Å². The van der Waals surface area contributed by atoms with E-state index < -0.39 is 12.0 Å². The summed E-state index contributed by atoms with van der Waals surface area (Å²) in [7, 11) is 2.96. The number of carbonyl (C=O) groups excluding carboxylic acids is 2. The van der Waals surface area contributed by atoms with Crippen molar-refractivity contribution in [1.29, 1.82) is 0 Å². The number of benzene rings is 1. The summed E-state index contributed by atoms with van der Waals surface area (Å²) in [5.74, 6) is -0.572. The molecule has 136 valence electrons. The lowest BCUT2D eigenvalue weighted by Crippen LogP contribution is -2.46. The highest BCUT2D eigenvalue weighted by Gasteiger charge is 2.35. The first-order chi connectivity index (χ1) is 11.8. The van der Waals surface area contributed by atoms with E-state index in [0.29, 0.717) is 23.3 Å². The van der Waals surface area contributed by atoms with Gasteiger partial charge in [-0.05, 0) is 31.0 Å². The number of phenolic OH excluding ortho intramolecular Hbond substituents is 1. The number of phenols is 1. The molecule has 2 rings (SSSR count). The molecule has 0 unspecified atom stereocenters. The third-order valence-electron chi connectivity index (χ3n) is 4.02. The third kappa shape index (κ3) is 3.66. The van der Waals surface area contributed by atoms with Gasteiger partial charge in [0.05, 0.1) is 30.4 Å². The molecule has 2 amide bonds. The molecule has 25 heavy (non-hydrogen) atoms. The molecule has 0 radical (unpaired) electrons. The van der Waals surface area contributed by atoms with Crippen molar-refractivity contribution in [2.45, 2.75) is 26.3 Å². The highest BCUT2D eigenvalue weighted by Crippen LogP contribution is 2.39. The molecule has 0 saturated carbocycles. The molecule has 0 saturated heterocycles. The van der Waals surface area contributed by atoms with Crippen LogP contribution in [0.1, 0.15) is 31.9 Å². The van der Waals surface area contributed by atoms with Crippen molar-refractivity contribution >= 4 is 23.6 Å². The van der Waals surface area contributed by atoms with Crippen LogP contribution in [0.2, 0.25) is 5.02 Å². The Morgan fingerprint density at radius 1 is 1.44 bits per heavy atom. The van der Waals surface area contributed by atoms with Gasteiger partial charge in [-0.1, -0.05) is 18.5 Å². The summed E-state index contributed by atoms with van der Waals surface area (Å²) in [6.07, 6.45) is 0.684. The summed E-state index contributed by atoms with van der Waals surface area (Å²) in [5, 5.41) is 12.7. The number of methoxy groups -OCH3 is 1. The van der Waals surface area contributed by atoms with Gasteiger partial charge in [-0.15, -0.1) is 0 Å². The number of halogens is 1. The summed E-state index contributed by atoms with van der Waals surface area (Å²) in [4.78, 5) is 26.1. The third-order valence-corrected chi connectivity index (χ3v) is 4.30. The summed E-state index contributed by atoms with van der Waals surface area (Å²) in [6, 6.07) is 1.88. The second-order valence-electron chi connectivity index (χ2n) is 5.63. The number of nitrogens with zero attached hydrogens (tertiary/aromatic N) is 1. The van der Waals surface area contributed by atoms with Crippen LogP contribution in [0.15, 0.2) is 23.4 Å². The minimum Gasteiger partial charge on any atom is -0.503 e. The molecule has 1 aromatic carbocycles. The molecule has 1 heterocycles. The first-order valence-corrected chi connectivity index (χ1v) is 8.18. The number of carbonyl (C=O) groups is 2. The van der Waals surface area contributed by atoms with Gasteiger partial charge in [0.1, 0.15) is 0 Å². The number of amides is 2. The Labute approximate surface area is 151 Å². The van der Waals surface area contributed by atoms with E-state index in [1.807, 2.05) is 6.92 Å². The predicted octanol–water partition coefficient (Wildman–Crippen LogP) is 2.98. The molecular formula is C17H21ClN2O5. The van der Waals surface area contributed by atoms with Gasteiger partial charge in [-0.25, -0.2) is 9.59 Å². The number of aromatic hydroxyl groups is 1. The second-order valence-corrected chi connectivity index (χ2v) is 6.04. The lowest BCUT2D eigenvalue weighted by Gasteiger charge is -2.33. The van der Waals surface area contributed by atoms with E-state index >= 15 is 0 Å². The van der Waals surface area contributed by atoms with E-state index in [4.69, 9.17) is 21.1 Å². The highest BCUT2D eigenvalue weighted by molar-refractivity contribution is 6.32. The Bertz CT molecular complexity index is 732. The Hall–Kier alpha value is -2.41. The maximum Gasteiger partial charge on any atom is 0.338 e. The molecule has 2 N–H and O–H groups in total. The molecule has 0 spiro atoms. The van der Waals surface area contributed by atoms with Crippen molar-refractivity contribution in [3.63, 3.8) is 0 Å². The van der Waals surface area contributed by atoms with Gasteiger partial charge >= 0.3 is 12.0 Å². The smallest absolute Gasteiger partial charge is 0.338 e. The second kappa shape index (κ2) is 7.65. The van der Waals surface area contributed by atoms with Crippen LogP contribution in [0.4, 0.5) is 4.79 Å². The molecule has 1 aliphatic heterocycles. The first-order valence-electron chi connectivity index (χ1n) is 7.80.